The van der Waals surface area contributed by atoms with Crippen LogP contribution < -0.4 is 24.6 Å². The fourth-order valence-corrected chi connectivity index (χ4v) is 4.24. The summed E-state index contributed by atoms with van der Waals surface area (Å²) in [5.41, 5.74) is 2.55. The monoisotopic (exact) mass is 575 g/mol. The molecule has 0 fully saturated rings. The van der Waals surface area contributed by atoms with E-state index in [9.17, 15) is 9.90 Å². The molecule has 0 spiro atoms. The number of fused-ring (bicyclic) bond motifs is 1. The summed E-state index contributed by atoms with van der Waals surface area (Å²) in [6.45, 7) is 12.0. The molecule has 1 atom stereocenters. The predicted octanol–water partition coefficient (Wildman–Crippen LogP) is 6.78. The van der Waals surface area contributed by atoms with Gasteiger partial charge in [-0.05, 0) is 53.1 Å². The summed E-state index contributed by atoms with van der Waals surface area (Å²) >= 11 is 0. The SMILES string of the molecule is C=c1ccccc1=C.CC(C)CC(Oc1ccccc1COc1cccc(OCc2ccc3ccccc3n2)c1)C(=O)O. The van der Waals surface area contributed by atoms with Crippen LogP contribution in [0.2, 0.25) is 0 Å². The number of rotatable bonds is 11. The van der Waals surface area contributed by atoms with E-state index >= 15 is 0 Å². The fourth-order valence-electron chi connectivity index (χ4n) is 4.24. The number of carbonyl (C=O) groups is 1. The molecule has 0 aliphatic heterocycles. The molecule has 1 heterocycles. The lowest BCUT2D eigenvalue weighted by Crippen LogP contribution is -2.29. The first-order valence-electron chi connectivity index (χ1n) is 14.2. The highest BCUT2D eigenvalue weighted by atomic mass is 16.5. The van der Waals surface area contributed by atoms with Crippen LogP contribution in [-0.2, 0) is 18.0 Å². The van der Waals surface area contributed by atoms with E-state index in [4.69, 9.17) is 14.2 Å². The first-order valence-corrected chi connectivity index (χ1v) is 14.2. The van der Waals surface area contributed by atoms with E-state index < -0.39 is 12.1 Å². The molecule has 1 aromatic heterocycles. The van der Waals surface area contributed by atoms with Crippen LogP contribution in [-0.4, -0.2) is 22.2 Å². The number of carboxylic acid groups (broad SMARTS) is 1. The summed E-state index contributed by atoms with van der Waals surface area (Å²) in [4.78, 5) is 16.3. The number of benzene rings is 4. The lowest BCUT2D eigenvalue weighted by Gasteiger charge is -2.19. The normalized spacial score (nSPS) is 11.3. The topological polar surface area (TPSA) is 77.9 Å². The average molecular weight is 576 g/mol. The number of nitrogens with zero attached hydrogens (tertiary/aromatic N) is 1. The largest absolute Gasteiger partial charge is 0.489 e. The molecule has 0 radical (unpaired) electrons. The molecule has 1 N–H and O–H groups in total. The van der Waals surface area contributed by atoms with Crippen molar-refractivity contribution < 1.29 is 24.1 Å². The van der Waals surface area contributed by atoms with E-state index in [2.05, 4.69) is 18.1 Å². The maximum atomic E-state index is 11.6. The van der Waals surface area contributed by atoms with Gasteiger partial charge in [-0.25, -0.2) is 9.78 Å². The number of para-hydroxylation sites is 2. The van der Waals surface area contributed by atoms with Gasteiger partial charge in [-0.3, -0.25) is 0 Å². The van der Waals surface area contributed by atoms with E-state index in [-0.39, 0.29) is 12.5 Å². The quantitative estimate of drug-likeness (QED) is 0.187. The van der Waals surface area contributed by atoms with Crippen molar-refractivity contribution in [1.82, 2.24) is 4.98 Å². The molecule has 5 aromatic rings. The molecule has 6 nitrogen and oxygen atoms in total. The smallest absolute Gasteiger partial charge is 0.344 e. The summed E-state index contributed by atoms with van der Waals surface area (Å²) in [5, 5.41) is 12.6. The van der Waals surface area contributed by atoms with Crippen LogP contribution in [0.3, 0.4) is 0 Å². The first-order chi connectivity index (χ1) is 20.8. The Morgan fingerprint density at radius 3 is 2.07 bits per heavy atom. The van der Waals surface area contributed by atoms with Crippen LogP contribution in [0, 0.1) is 5.92 Å². The second-order valence-electron chi connectivity index (χ2n) is 10.5. The molecule has 6 heteroatoms. The molecule has 43 heavy (non-hydrogen) atoms. The Morgan fingerprint density at radius 2 is 1.40 bits per heavy atom. The molecule has 1 unspecified atom stereocenters. The van der Waals surface area contributed by atoms with Crippen LogP contribution in [0.4, 0.5) is 0 Å². The molecule has 4 aromatic carbocycles. The van der Waals surface area contributed by atoms with E-state index in [0.29, 0.717) is 30.3 Å². The zero-order valence-electron chi connectivity index (χ0n) is 24.6. The maximum Gasteiger partial charge on any atom is 0.344 e. The van der Waals surface area contributed by atoms with Crippen LogP contribution in [0.1, 0.15) is 31.5 Å². The summed E-state index contributed by atoms with van der Waals surface area (Å²) in [7, 11) is 0. The van der Waals surface area contributed by atoms with Gasteiger partial charge in [0.1, 0.15) is 30.5 Å². The van der Waals surface area contributed by atoms with Crippen LogP contribution in [0.5, 0.6) is 17.2 Å². The summed E-state index contributed by atoms with van der Waals surface area (Å²) in [6.07, 6.45) is -0.479. The molecular weight excluding hydrogens is 538 g/mol. The van der Waals surface area contributed by atoms with Gasteiger partial charge in [-0.2, -0.15) is 0 Å². The Morgan fingerprint density at radius 1 is 0.767 bits per heavy atom. The predicted molar refractivity (Wildman–Crippen MR) is 172 cm³/mol. The molecule has 220 valence electrons. The van der Waals surface area contributed by atoms with Crippen molar-refractivity contribution in [1.29, 1.82) is 0 Å². The molecule has 0 aliphatic carbocycles. The van der Waals surface area contributed by atoms with Gasteiger partial charge in [-0.1, -0.05) is 99.8 Å². The van der Waals surface area contributed by atoms with Gasteiger partial charge < -0.3 is 19.3 Å². The standard InChI is InChI=1S/C29H29NO5.C8H8/c1-20(2)16-28(29(31)32)35-27-13-6-4-9-22(27)18-33-24-10-7-11-25(17-24)34-19-23-15-14-21-8-3-5-12-26(21)30-23;1-7-5-3-4-6-8(7)2/h3-15,17,20,28H,16,18-19H2,1-2H3,(H,31,32);3-6H,1-2H2. The third kappa shape index (κ3) is 9.47. The highest BCUT2D eigenvalue weighted by Gasteiger charge is 2.22. The van der Waals surface area contributed by atoms with E-state index in [0.717, 1.165) is 32.6 Å². The Hall–Kier alpha value is -5.10. The van der Waals surface area contributed by atoms with Gasteiger partial charge in [0.05, 0.1) is 11.2 Å². The van der Waals surface area contributed by atoms with Crippen molar-refractivity contribution in [3.63, 3.8) is 0 Å². The summed E-state index contributed by atoms with van der Waals surface area (Å²) in [6, 6.07) is 34.5. The van der Waals surface area contributed by atoms with E-state index in [1.54, 1.807) is 6.07 Å². The lowest BCUT2D eigenvalue weighted by molar-refractivity contribution is -0.145. The third-order valence-corrected chi connectivity index (χ3v) is 6.56. The fraction of sp³-hybridized carbons (Fsp3) is 0.189. The Bertz CT molecular complexity index is 1720. The molecule has 0 saturated carbocycles. The zero-order valence-corrected chi connectivity index (χ0v) is 24.6. The minimum Gasteiger partial charge on any atom is -0.489 e. The van der Waals surface area contributed by atoms with Gasteiger partial charge in [0.15, 0.2) is 6.10 Å². The van der Waals surface area contributed by atoms with Gasteiger partial charge in [0, 0.05) is 17.0 Å². The highest BCUT2D eigenvalue weighted by Crippen LogP contribution is 2.26. The number of hydrogen-bond donors (Lipinski definition) is 1. The van der Waals surface area contributed by atoms with Crippen molar-refractivity contribution in [2.24, 2.45) is 5.92 Å². The number of pyridine rings is 1. The van der Waals surface area contributed by atoms with Gasteiger partial charge in [0.25, 0.3) is 0 Å². The Labute approximate surface area is 252 Å². The van der Waals surface area contributed by atoms with Crippen LogP contribution in [0.15, 0.2) is 109 Å². The van der Waals surface area contributed by atoms with Gasteiger partial charge in [0.2, 0.25) is 0 Å². The van der Waals surface area contributed by atoms with Crippen molar-refractivity contribution in [2.45, 2.75) is 39.6 Å². The molecule has 5 rings (SSSR count). The molecule has 0 bridgehead atoms. The number of aliphatic carboxylic acids is 1. The molecule has 0 saturated heterocycles. The second kappa shape index (κ2) is 15.2. The third-order valence-electron chi connectivity index (χ3n) is 6.56. The molecule has 0 aliphatic rings. The van der Waals surface area contributed by atoms with E-state index in [1.807, 2.05) is 117 Å². The number of carboxylic acids is 1. The Kier molecular flexibility index (Phi) is 10.9. The summed E-state index contributed by atoms with van der Waals surface area (Å²) in [5.74, 6) is 1.05. The Balaban J connectivity index is 0.000000458. The van der Waals surface area contributed by atoms with Crippen molar-refractivity contribution in [3.8, 4) is 17.2 Å². The maximum absolute atomic E-state index is 11.6. The first kappa shape index (κ1) is 30.8. The van der Waals surface area contributed by atoms with Crippen molar-refractivity contribution in [2.75, 3.05) is 0 Å². The minimum atomic E-state index is -0.972. The van der Waals surface area contributed by atoms with Gasteiger partial charge in [-0.15, -0.1) is 0 Å². The van der Waals surface area contributed by atoms with Gasteiger partial charge >= 0.3 is 5.97 Å². The number of aromatic nitrogens is 1. The average Bonchev–Trinajstić information content (AvgIpc) is 3.01. The second-order valence-corrected chi connectivity index (χ2v) is 10.5. The molecule has 0 amide bonds. The van der Waals surface area contributed by atoms with E-state index in [1.165, 1.54) is 0 Å². The van der Waals surface area contributed by atoms with Crippen LogP contribution in [0.25, 0.3) is 24.1 Å². The van der Waals surface area contributed by atoms with Crippen molar-refractivity contribution in [3.05, 3.63) is 131 Å². The number of hydrogen-bond acceptors (Lipinski definition) is 5. The highest BCUT2D eigenvalue weighted by molar-refractivity contribution is 5.78. The van der Waals surface area contributed by atoms with Crippen molar-refractivity contribution >= 4 is 30.0 Å². The molecular formula is C37H37NO5. The lowest BCUT2D eigenvalue weighted by atomic mass is 10.1. The minimum absolute atomic E-state index is 0.201. The van der Waals surface area contributed by atoms with Crippen LogP contribution >= 0.6 is 0 Å². The zero-order chi connectivity index (χ0) is 30.6. The number of ether oxygens (including phenoxy) is 3. The summed E-state index contributed by atoms with van der Waals surface area (Å²) < 4.78 is 17.8.